The lowest BCUT2D eigenvalue weighted by atomic mass is 9.97. The van der Waals surface area contributed by atoms with Crippen LogP contribution in [0.2, 0.25) is 0 Å². The maximum absolute atomic E-state index is 12.5. The first-order chi connectivity index (χ1) is 11.7. The van der Waals surface area contributed by atoms with Gasteiger partial charge in [-0.1, -0.05) is 0 Å². The molecule has 134 valence electrons. The SMILES string of the molecule is CCn1cc([C@@H]2OCC[C@H]2CN[C@H](C)C(=O)N2CCOCC2)cn1. The number of amides is 1. The average Bonchev–Trinajstić information content (AvgIpc) is 3.28. The highest BCUT2D eigenvalue weighted by Crippen LogP contribution is 2.33. The van der Waals surface area contributed by atoms with E-state index in [1.165, 1.54) is 0 Å². The molecule has 2 saturated heterocycles. The van der Waals surface area contributed by atoms with Crippen molar-refractivity contribution in [3.05, 3.63) is 18.0 Å². The predicted molar refractivity (Wildman–Crippen MR) is 89.6 cm³/mol. The molecule has 1 amide bonds. The Labute approximate surface area is 143 Å². The van der Waals surface area contributed by atoms with Gasteiger partial charge in [-0.25, -0.2) is 0 Å². The molecule has 2 aliphatic heterocycles. The highest BCUT2D eigenvalue weighted by atomic mass is 16.5. The number of carbonyl (C=O) groups is 1. The lowest BCUT2D eigenvalue weighted by molar-refractivity contribution is -0.137. The van der Waals surface area contributed by atoms with E-state index in [0.717, 1.165) is 31.7 Å². The van der Waals surface area contributed by atoms with Crippen LogP contribution in [-0.2, 0) is 20.8 Å². The molecule has 0 unspecified atom stereocenters. The van der Waals surface area contributed by atoms with Gasteiger partial charge in [-0.15, -0.1) is 0 Å². The molecule has 0 aromatic carbocycles. The van der Waals surface area contributed by atoms with E-state index in [1.807, 2.05) is 22.7 Å². The zero-order valence-corrected chi connectivity index (χ0v) is 14.6. The van der Waals surface area contributed by atoms with Crippen LogP contribution in [0.5, 0.6) is 0 Å². The molecular formula is C17H28N4O3. The first-order valence-corrected chi connectivity index (χ1v) is 8.93. The summed E-state index contributed by atoms with van der Waals surface area (Å²) in [6, 6.07) is -0.178. The summed E-state index contributed by atoms with van der Waals surface area (Å²) in [6.07, 6.45) is 5.04. The smallest absolute Gasteiger partial charge is 0.239 e. The molecule has 2 aliphatic rings. The molecule has 0 bridgehead atoms. The number of aryl methyl sites for hydroxylation is 1. The van der Waals surface area contributed by atoms with Crippen molar-refractivity contribution in [3.8, 4) is 0 Å². The van der Waals surface area contributed by atoms with Crippen molar-refractivity contribution < 1.29 is 14.3 Å². The summed E-state index contributed by atoms with van der Waals surface area (Å²) in [6.45, 7) is 9.07. The molecule has 0 spiro atoms. The Balaban J connectivity index is 1.52. The number of ether oxygens (including phenoxy) is 2. The van der Waals surface area contributed by atoms with Gasteiger partial charge in [0.2, 0.25) is 5.91 Å². The molecule has 3 heterocycles. The van der Waals surface area contributed by atoms with E-state index in [9.17, 15) is 4.79 Å². The number of aromatic nitrogens is 2. The molecular weight excluding hydrogens is 308 g/mol. The van der Waals surface area contributed by atoms with Crippen LogP contribution in [0, 0.1) is 5.92 Å². The predicted octanol–water partition coefficient (Wildman–Crippen LogP) is 0.818. The molecule has 1 aromatic heterocycles. The first kappa shape index (κ1) is 17.4. The number of carbonyl (C=O) groups excluding carboxylic acids is 1. The number of hydrogen-bond acceptors (Lipinski definition) is 5. The Kier molecular flexibility index (Phi) is 5.86. The third kappa shape index (κ3) is 3.96. The van der Waals surface area contributed by atoms with Crippen molar-refractivity contribution in [1.82, 2.24) is 20.0 Å². The quantitative estimate of drug-likeness (QED) is 0.833. The second-order valence-electron chi connectivity index (χ2n) is 6.54. The van der Waals surface area contributed by atoms with Crippen molar-refractivity contribution >= 4 is 5.91 Å². The lowest BCUT2D eigenvalue weighted by Gasteiger charge is -2.30. The number of hydrogen-bond donors (Lipinski definition) is 1. The van der Waals surface area contributed by atoms with Gasteiger partial charge < -0.3 is 19.7 Å². The maximum Gasteiger partial charge on any atom is 0.239 e. The zero-order chi connectivity index (χ0) is 16.9. The summed E-state index contributed by atoms with van der Waals surface area (Å²) >= 11 is 0. The standard InChI is InChI=1S/C17H28N4O3/c1-3-21-12-15(11-19-21)16-14(4-7-24-16)10-18-13(2)17(22)20-5-8-23-9-6-20/h11-14,16,18H,3-10H2,1-2H3/t13-,14+,16-/m1/s1. The summed E-state index contributed by atoms with van der Waals surface area (Å²) in [5, 5.41) is 7.74. The summed E-state index contributed by atoms with van der Waals surface area (Å²) in [5.74, 6) is 0.534. The van der Waals surface area contributed by atoms with Crippen LogP contribution >= 0.6 is 0 Å². The third-order valence-corrected chi connectivity index (χ3v) is 4.90. The van der Waals surface area contributed by atoms with Gasteiger partial charge in [0.25, 0.3) is 0 Å². The van der Waals surface area contributed by atoms with Crippen LogP contribution in [0.15, 0.2) is 12.4 Å². The van der Waals surface area contributed by atoms with Crippen LogP contribution in [0.1, 0.15) is 31.9 Å². The zero-order valence-electron chi connectivity index (χ0n) is 14.6. The molecule has 2 fully saturated rings. The molecule has 0 aliphatic carbocycles. The molecule has 3 atom stereocenters. The van der Waals surface area contributed by atoms with E-state index in [2.05, 4.69) is 23.5 Å². The normalized spacial score (nSPS) is 25.8. The molecule has 1 aromatic rings. The topological polar surface area (TPSA) is 68.6 Å². The second kappa shape index (κ2) is 8.09. The molecule has 3 rings (SSSR count). The number of nitrogens with one attached hydrogen (secondary N) is 1. The third-order valence-electron chi connectivity index (χ3n) is 4.90. The van der Waals surface area contributed by atoms with E-state index in [0.29, 0.717) is 32.2 Å². The number of rotatable bonds is 6. The number of morpholine rings is 1. The van der Waals surface area contributed by atoms with Crippen molar-refractivity contribution in [1.29, 1.82) is 0 Å². The van der Waals surface area contributed by atoms with E-state index in [-0.39, 0.29) is 18.1 Å². The van der Waals surface area contributed by atoms with E-state index < -0.39 is 0 Å². The first-order valence-electron chi connectivity index (χ1n) is 8.93. The molecule has 0 saturated carbocycles. The van der Waals surface area contributed by atoms with Crippen LogP contribution < -0.4 is 5.32 Å². The van der Waals surface area contributed by atoms with Gasteiger partial charge in [-0.2, -0.15) is 5.10 Å². The maximum atomic E-state index is 12.5. The van der Waals surface area contributed by atoms with E-state index in [4.69, 9.17) is 9.47 Å². The minimum Gasteiger partial charge on any atom is -0.378 e. The van der Waals surface area contributed by atoms with Gasteiger partial charge in [0, 0.05) is 50.5 Å². The Morgan fingerprint density at radius 3 is 2.92 bits per heavy atom. The molecule has 7 nitrogen and oxygen atoms in total. The Morgan fingerprint density at radius 2 is 2.21 bits per heavy atom. The average molecular weight is 336 g/mol. The Morgan fingerprint density at radius 1 is 1.42 bits per heavy atom. The summed E-state index contributed by atoms with van der Waals surface area (Å²) in [7, 11) is 0. The largest absolute Gasteiger partial charge is 0.378 e. The van der Waals surface area contributed by atoms with Crippen LogP contribution in [0.25, 0.3) is 0 Å². The van der Waals surface area contributed by atoms with E-state index in [1.54, 1.807) is 0 Å². The molecule has 0 radical (unpaired) electrons. The van der Waals surface area contributed by atoms with Gasteiger partial charge in [-0.3, -0.25) is 9.48 Å². The van der Waals surface area contributed by atoms with E-state index >= 15 is 0 Å². The molecule has 7 heteroatoms. The fourth-order valence-corrected chi connectivity index (χ4v) is 3.38. The van der Waals surface area contributed by atoms with Crippen molar-refractivity contribution in [2.45, 2.75) is 39.0 Å². The monoisotopic (exact) mass is 336 g/mol. The Hall–Kier alpha value is -1.44. The van der Waals surface area contributed by atoms with Crippen LogP contribution in [-0.4, -0.2) is 66.1 Å². The second-order valence-corrected chi connectivity index (χ2v) is 6.54. The van der Waals surface area contributed by atoms with Crippen molar-refractivity contribution in [2.75, 3.05) is 39.5 Å². The fraction of sp³-hybridized carbons (Fsp3) is 0.765. The summed E-state index contributed by atoms with van der Waals surface area (Å²) in [4.78, 5) is 14.3. The van der Waals surface area contributed by atoms with Gasteiger partial charge in [0.15, 0.2) is 0 Å². The van der Waals surface area contributed by atoms with Gasteiger partial charge in [0.05, 0.1) is 31.6 Å². The van der Waals surface area contributed by atoms with Crippen LogP contribution in [0.3, 0.4) is 0 Å². The van der Waals surface area contributed by atoms with Crippen molar-refractivity contribution in [2.24, 2.45) is 5.92 Å². The minimum atomic E-state index is -0.178. The van der Waals surface area contributed by atoms with Gasteiger partial charge in [0.1, 0.15) is 0 Å². The van der Waals surface area contributed by atoms with Gasteiger partial charge in [-0.05, 0) is 20.3 Å². The van der Waals surface area contributed by atoms with Crippen molar-refractivity contribution in [3.63, 3.8) is 0 Å². The highest BCUT2D eigenvalue weighted by Gasteiger charge is 2.31. The van der Waals surface area contributed by atoms with Gasteiger partial charge >= 0.3 is 0 Å². The lowest BCUT2D eigenvalue weighted by Crippen LogP contribution is -2.50. The summed E-state index contributed by atoms with van der Waals surface area (Å²) in [5.41, 5.74) is 1.13. The molecule has 1 N–H and O–H groups in total. The summed E-state index contributed by atoms with van der Waals surface area (Å²) < 4.78 is 13.1. The Bertz CT molecular complexity index is 542. The molecule has 24 heavy (non-hydrogen) atoms. The fourth-order valence-electron chi connectivity index (χ4n) is 3.38. The highest BCUT2D eigenvalue weighted by molar-refractivity contribution is 5.81. The minimum absolute atomic E-state index is 0.0727. The number of nitrogens with zero attached hydrogens (tertiary/aromatic N) is 3. The van der Waals surface area contributed by atoms with Crippen LogP contribution in [0.4, 0.5) is 0 Å².